The van der Waals surface area contributed by atoms with Crippen molar-refractivity contribution in [3.63, 3.8) is 0 Å². The Kier molecular flexibility index (Phi) is 6.18. The van der Waals surface area contributed by atoms with E-state index in [9.17, 15) is 4.79 Å². The van der Waals surface area contributed by atoms with E-state index in [0.717, 1.165) is 49.5 Å². The Hall–Kier alpha value is -2.66. The molecule has 0 atom stereocenters. The van der Waals surface area contributed by atoms with Crippen LogP contribution in [0.25, 0.3) is 11.0 Å². The fourth-order valence-corrected chi connectivity index (χ4v) is 4.37. The molecule has 1 aliphatic heterocycles. The van der Waals surface area contributed by atoms with Crippen molar-refractivity contribution in [2.45, 2.75) is 46.1 Å². The molecule has 0 radical (unpaired) electrons. The lowest BCUT2D eigenvalue weighted by Crippen LogP contribution is -2.40. The molecule has 4 rings (SSSR count). The number of aryl methyl sites for hydroxylation is 1. The maximum atomic E-state index is 12.5. The Morgan fingerprint density at radius 1 is 1.10 bits per heavy atom. The van der Waals surface area contributed by atoms with Crippen molar-refractivity contribution >= 4 is 22.6 Å². The molecule has 2 heterocycles. The summed E-state index contributed by atoms with van der Waals surface area (Å²) >= 11 is 0. The first-order chi connectivity index (χ1) is 14.5. The number of hydrogen-bond donors (Lipinski definition) is 1. The highest BCUT2D eigenvalue weighted by atomic mass is 16.2. The van der Waals surface area contributed by atoms with Crippen molar-refractivity contribution in [3.8, 4) is 0 Å². The molecule has 2 aromatic carbocycles. The van der Waals surface area contributed by atoms with Gasteiger partial charge in [-0.05, 0) is 74.5 Å². The largest absolute Gasteiger partial charge is 0.328 e. The SMILES string of the molecule is Cc1nc2ccccc2n1CC1CCN(CC(=O)Nc2ccc(C(C)C)cc2)CC1. The second-order valence-corrected chi connectivity index (χ2v) is 8.80. The second-order valence-electron chi connectivity index (χ2n) is 8.80. The van der Waals surface area contributed by atoms with Crippen LogP contribution in [-0.2, 0) is 11.3 Å². The van der Waals surface area contributed by atoms with Gasteiger partial charge in [-0.3, -0.25) is 9.69 Å². The third kappa shape index (κ3) is 4.73. The fraction of sp³-hybridized carbons (Fsp3) is 0.440. The monoisotopic (exact) mass is 404 g/mol. The summed E-state index contributed by atoms with van der Waals surface area (Å²) < 4.78 is 2.35. The molecule has 158 valence electrons. The number of nitrogens with one attached hydrogen (secondary N) is 1. The number of rotatable bonds is 6. The van der Waals surface area contributed by atoms with Gasteiger partial charge >= 0.3 is 0 Å². The summed E-state index contributed by atoms with van der Waals surface area (Å²) in [6.07, 6.45) is 2.23. The van der Waals surface area contributed by atoms with E-state index < -0.39 is 0 Å². The molecule has 0 spiro atoms. The molecule has 0 unspecified atom stereocenters. The minimum atomic E-state index is 0.0715. The molecule has 5 nitrogen and oxygen atoms in total. The van der Waals surface area contributed by atoms with E-state index >= 15 is 0 Å². The molecule has 0 bridgehead atoms. The highest BCUT2D eigenvalue weighted by Gasteiger charge is 2.22. The van der Waals surface area contributed by atoms with Crippen LogP contribution in [0.2, 0.25) is 0 Å². The number of imidazole rings is 1. The number of para-hydroxylation sites is 2. The van der Waals surface area contributed by atoms with Crippen LogP contribution in [0.3, 0.4) is 0 Å². The second kappa shape index (κ2) is 9.00. The predicted molar refractivity (Wildman–Crippen MR) is 123 cm³/mol. The third-order valence-corrected chi connectivity index (χ3v) is 6.22. The van der Waals surface area contributed by atoms with Gasteiger partial charge in [0, 0.05) is 12.2 Å². The number of amides is 1. The van der Waals surface area contributed by atoms with E-state index in [1.165, 1.54) is 11.1 Å². The molecular formula is C25H32N4O. The zero-order valence-electron chi connectivity index (χ0n) is 18.3. The van der Waals surface area contributed by atoms with Crippen LogP contribution in [0.15, 0.2) is 48.5 Å². The Labute approximate surface area is 179 Å². The van der Waals surface area contributed by atoms with Gasteiger partial charge in [0.05, 0.1) is 17.6 Å². The van der Waals surface area contributed by atoms with E-state index in [1.807, 2.05) is 18.2 Å². The van der Waals surface area contributed by atoms with E-state index in [4.69, 9.17) is 0 Å². The topological polar surface area (TPSA) is 50.2 Å². The van der Waals surface area contributed by atoms with Gasteiger partial charge in [-0.1, -0.05) is 38.1 Å². The first-order valence-electron chi connectivity index (χ1n) is 11.0. The molecule has 5 heteroatoms. The smallest absolute Gasteiger partial charge is 0.238 e. The van der Waals surface area contributed by atoms with Gasteiger partial charge in [-0.25, -0.2) is 4.98 Å². The lowest BCUT2D eigenvalue weighted by atomic mass is 9.96. The molecular weight excluding hydrogens is 372 g/mol. The van der Waals surface area contributed by atoms with Gasteiger partial charge in [0.2, 0.25) is 5.91 Å². The summed E-state index contributed by atoms with van der Waals surface area (Å²) in [5.41, 5.74) is 4.46. The van der Waals surface area contributed by atoms with Crippen LogP contribution in [0.1, 0.15) is 44.0 Å². The molecule has 1 fully saturated rings. The van der Waals surface area contributed by atoms with E-state index in [1.54, 1.807) is 0 Å². The Balaban J connectivity index is 1.27. The quantitative estimate of drug-likeness (QED) is 0.641. The zero-order chi connectivity index (χ0) is 21.1. The van der Waals surface area contributed by atoms with Crippen molar-refractivity contribution < 1.29 is 4.79 Å². The van der Waals surface area contributed by atoms with Gasteiger partial charge in [0.15, 0.2) is 0 Å². The van der Waals surface area contributed by atoms with E-state index in [2.05, 4.69) is 70.9 Å². The number of aromatic nitrogens is 2. The van der Waals surface area contributed by atoms with Crippen LogP contribution in [-0.4, -0.2) is 40.0 Å². The average molecular weight is 405 g/mol. The highest BCUT2D eigenvalue weighted by Crippen LogP contribution is 2.23. The average Bonchev–Trinajstić information content (AvgIpc) is 3.05. The predicted octanol–water partition coefficient (Wildman–Crippen LogP) is 4.82. The van der Waals surface area contributed by atoms with Gasteiger partial charge < -0.3 is 9.88 Å². The van der Waals surface area contributed by atoms with Gasteiger partial charge in [-0.2, -0.15) is 0 Å². The summed E-state index contributed by atoms with van der Waals surface area (Å²) in [5.74, 6) is 2.29. The number of fused-ring (bicyclic) bond motifs is 1. The number of piperidine rings is 1. The zero-order valence-corrected chi connectivity index (χ0v) is 18.3. The number of hydrogen-bond acceptors (Lipinski definition) is 3. The lowest BCUT2D eigenvalue weighted by Gasteiger charge is -2.31. The molecule has 30 heavy (non-hydrogen) atoms. The summed E-state index contributed by atoms with van der Waals surface area (Å²) in [4.78, 5) is 19.4. The minimum absolute atomic E-state index is 0.0715. The summed E-state index contributed by atoms with van der Waals surface area (Å²) in [7, 11) is 0. The van der Waals surface area contributed by atoms with Crippen LogP contribution in [0, 0.1) is 12.8 Å². The highest BCUT2D eigenvalue weighted by molar-refractivity contribution is 5.92. The third-order valence-electron chi connectivity index (χ3n) is 6.22. The number of carbonyl (C=O) groups is 1. The Morgan fingerprint density at radius 2 is 1.80 bits per heavy atom. The first kappa shape index (κ1) is 20.6. The number of nitrogens with zero attached hydrogens (tertiary/aromatic N) is 3. The number of carbonyl (C=O) groups excluding carboxylic acids is 1. The van der Waals surface area contributed by atoms with Crippen LogP contribution in [0.4, 0.5) is 5.69 Å². The van der Waals surface area contributed by atoms with Crippen molar-refractivity contribution in [3.05, 3.63) is 59.9 Å². The molecule has 1 aliphatic rings. The molecule has 1 N–H and O–H groups in total. The van der Waals surface area contributed by atoms with Crippen LogP contribution in [0.5, 0.6) is 0 Å². The van der Waals surface area contributed by atoms with Crippen molar-refractivity contribution in [2.24, 2.45) is 5.92 Å². The van der Waals surface area contributed by atoms with Gasteiger partial charge in [0.25, 0.3) is 0 Å². The molecule has 0 saturated carbocycles. The maximum Gasteiger partial charge on any atom is 0.238 e. The molecule has 1 aromatic heterocycles. The van der Waals surface area contributed by atoms with Crippen LogP contribution >= 0.6 is 0 Å². The fourth-order valence-electron chi connectivity index (χ4n) is 4.37. The molecule has 0 aliphatic carbocycles. The lowest BCUT2D eigenvalue weighted by molar-refractivity contribution is -0.117. The number of anilines is 1. The Bertz CT molecular complexity index is 998. The maximum absolute atomic E-state index is 12.5. The Morgan fingerprint density at radius 3 is 2.50 bits per heavy atom. The van der Waals surface area contributed by atoms with E-state index in [-0.39, 0.29) is 5.91 Å². The van der Waals surface area contributed by atoms with Crippen molar-refractivity contribution in [1.82, 2.24) is 14.5 Å². The summed E-state index contributed by atoms with van der Waals surface area (Å²) in [5, 5.41) is 3.04. The minimum Gasteiger partial charge on any atom is -0.328 e. The molecule has 1 saturated heterocycles. The number of likely N-dealkylation sites (tertiary alicyclic amines) is 1. The summed E-state index contributed by atoms with van der Waals surface area (Å²) in [6, 6.07) is 16.5. The summed E-state index contributed by atoms with van der Waals surface area (Å²) in [6.45, 7) is 9.85. The number of benzene rings is 2. The standard InChI is InChI=1S/C25H32N4O/c1-18(2)21-8-10-22(11-9-21)27-25(30)17-28-14-12-20(13-15-28)16-29-19(3)26-23-6-4-5-7-24(23)29/h4-11,18,20H,12-17H2,1-3H3,(H,27,30). The normalized spacial score (nSPS) is 15.7. The van der Waals surface area contributed by atoms with Crippen molar-refractivity contribution in [1.29, 1.82) is 0 Å². The molecule has 3 aromatic rings. The van der Waals surface area contributed by atoms with Crippen LogP contribution < -0.4 is 5.32 Å². The van der Waals surface area contributed by atoms with Gasteiger partial charge in [-0.15, -0.1) is 0 Å². The van der Waals surface area contributed by atoms with Crippen molar-refractivity contribution in [2.75, 3.05) is 25.0 Å². The first-order valence-corrected chi connectivity index (χ1v) is 11.0. The van der Waals surface area contributed by atoms with E-state index in [0.29, 0.717) is 18.4 Å². The van der Waals surface area contributed by atoms with Gasteiger partial charge in [0.1, 0.15) is 5.82 Å². The molecule has 1 amide bonds.